The molecule has 0 bridgehead atoms. The van der Waals surface area contributed by atoms with E-state index < -0.39 is 0 Å². The van der Waals surface area contributed by atoms with Crippen molar-refractivity contribution in [3.63, 3.8) is 0 Å². The predicted molar refractivity (Wildman–Crippen MR) is 111 cm³/mol. The molecule has 0 fully saturated rings. The van der Waals surface area contributed by atoms with Crippen LogP contribution in [0.15, 0.2) is 4.99 Å². The summed E-state index contributed by atoms with van der Waals surface area (Å²) < 4.78 is 0. The lowest BCUT2D eigenvalue weighted by Gasteiger charge is -2.10. The van der Waals surface area contributed by atoms with Gasteiger partial charge in [0.15, 0.2) is 5.96 Å². The molecule has 2 aromatic heterocycles. The second-order valence-electron chi connectivity index (χ2n) is 6.65. The van der Waals surface area contributed by atoms with Crippen molar-refractivity contribution in [3.8, 4) is 0 Å². The third kappa shape index (κ3) is 5.27. The van der Waals surface area contributed by atoms with E-state index in [0.29, 0.717) is 6.54 Å². The zero-order valence-corrected chi connectivity index (χ0v) is 17.7. The number of aryl methyl sites for hydroxylation is 5. The minimum absolute atomic E-state index is 0.686. The van der Waals surface area contributed by atoms with E-state index in [9.17, 15) is 0 Å². The highest BCUT2D eigenvalue weighted by Crippen LogP contribution is 2.27. The topological polar surface area (TPSA) is 62.2 Å². The van der Waals surface area contributed by atoms with Crippen molar-refractivity contribution in [2.24, 2.45) is 4.99 Å². The number of hydrogen-bond acceptors (Lipinski definition) is 5. The molecule has 2 aromatic rings. The lowest BCUT2D eigenvalue weighted by molar-refractivity contribution is 0.678. The molecule has 26 heavy (non-hydrogen) atoms. The highest BCUT2D eigenvalue weighted by atomic mass is 32.1. The number of aromatic nitrogens is 2. The van der Waals surface area contributed by atoms with E-state index in [2.05, 4.69) is 29.5 Å². The van der Waals surface area contributed by atoms with E-state index in [-0.39, 0.29) is 0 Å². The molecule has 142 valence electrons. The molecular formula is C19H29N5S2. The maximum absolute atomic E-state index is 4.83. The van der Waals surface area contributed by atoms with Crippen LogP contribution in [0.4, 0.5) is 0 Å². The summed E-state index contributed by atoms with van der Waals surface area (Å²) in [4.78, 5) is 16.8. The van der Waals surface area contributed by atoms with Crippen LogP contribution in [0.1, 0.15) is 57.3 Å². The van der Waals surface area contributed by atoms with Crippen LogP contribution < -0.4 is 10.6 Å². The maximum atomic E-state index is 4.83. The quantitative estimate of drug-likeness (QED) is 0.428. The zero-order chi connectivity index (χ0) is 18.4. The molecule has 0 saturated heterocycles. The normalized spacial score (nSPS) is 14.3. The Morgan fingerprint density at radius 3 is 2.69 bits per heavy atom. The zero-order valence-electron chi connectivity index (χ0n) is 16.0. The minimum atomic E-state index is 0.686. The number of aliphatic imine (C=N–C) groups is 1. The molecule has 7 heteroatoms. The Hall–Kier alpha value is -1.47. The largest absolute Gasteiger partial charge is 0.357 e. The number of rotatable bonds is 7. The van der Waals surface area contributed by atoms with Gasteiger partial charge in [-0.1, -0.05) is 0 Å². The third-order valence-corrected chi connectivity index (χ3v) is 6.75. The van der Waals surface area contributed by atoms with Crippen molar-refractivity contribution in [3.05, 3.63) is 31.2 Å². The van der Waals surface area contributed by atoms with Gasteiger partial charge in [0, 0.05) is 29.3 Å². The molecule has 3 rings (SSSR count). The van der Waals surface area contributed by atoms with E-state index in [4.69, 9.17) is 9.98 Å². The SMILES string of the molecule is CCNC(=NCc1sc(C)nc1C)NCCCc1nc2c(s1)CCCC2. The summed E-state index contributed by atoms with van der Waals surface area (Å²) in [5.74, 6) is 0.886. The fourth-order valence-electron chi connectivity index (χ4n) is 3.17. The van der Waals surface area contributed by atoms with Crippen LogP contribution >= 0.6 is 22.7 Å². The van der Waals surface area contributed by atoms with Gasteiger partial charge in [-0.15, -0.1) is 22.7 Å². The Kier molecular flexibility index (Phi) is 7.02. The van der Waals surface area contributed by atoms with Gasteiger partial charge in [0.2, 0.25) is 0 Å². The van der Waals surface area contributed by atoms with Gasteiger partial charge in [-0.3, -0.25) is 0 Å². The summed E-state index contributed by atoms with van der Waals surface area (Å²) in [5, 5.41) is 9.19. The lowest BCUT2D eigenvalue weighted by atomic mass is 10.0. The van der Waals surface area contributed by atoms with Gasteiger partial charge < -0.3 is 10.6 Å². The van der Waals surface area contributed by atoms with Crippen molar-refractivity contribution in [1.29, 1.82) is 0 Å². The molecule has 5 nitrogen and oxygen atoms in total. The molecule has 1 aliphatic carbocycles. The molecular weight excluding hydrogens is 362 g/mol. The first-order valence-corrected chi connectivity index (χ1v) is 11.2. The Balaban J connectivity index is 1.46. The van der Waals surface area contributed by atoms with E-state index in [0.717, 1.165) is 42.6 Å². The first-order chi connectivity index (χ1) is 12.7. The van der Waals surface area contributed by atoms with Crippen LogP contribution in [-0.4, -0.2) is 29.0 Å². The van der Waals surface area contributed by atoms with E-state index in [1.807, 2.05) is 18.3 Å². The van der Waals surface area contributed by atoms with Crippen molar-refractivity contribution < 1.29 is 0 Å². The molecule has 0 unspecified atom stereocenters. The van der Waals surface area contributed by atoms with Gasteiger partial charge in [-0.25, -0.2) is 15.0 Å². The first kappa shape index (κ1) is 19.3. The predicted octanol–water partition coefficient (Wildman–Crippen LogP) is 3.78. The molecule has 0 spiro atoms. The molecule has 0 aromatic carbocycles. The van der Waals surface area contributed by atoms with E-state index in [1.54, 1.807) is 11.3 Å². The summed E-state index contributed by atoms with van der Waals surface area (Å²) in [6, 6.07) is 0. The highest BCUT2D eigenvalue weighted by molar-refractivity contribution is 7.12. The fourth-order valence-corrected chi connectivity index (χ4v) is 5.23. The molecule has 0 atom stereocenters. The van der Waals surface area contributed by atoms with Crippen LogP contribution in [0.2, 0.25) is 0 Å². The number of fused-ring (bicyclic) bond motifs is 1. The van der Waals surface area contributed by atoms with Gasteiger partial charge >= 0.3 is 0 Å². The van der Waals surface area contributed by atoms with Crippen LogP contribution in [0, 0.1) is 13.8 Å². The second kappa shape index (κ2) is 9.46. The number of hydrogen-bond donors (Lipinski definition) is 2. The van der Waals surface area contributed by atoms with Crippen molar-refractivity contribution in [2.75, 3.05) is 13.1 Å². The minimum Gasteiger partial charge on any atom is -0.357 e. The number of nitrogens with zero attached hydrogens (tertiary/aromatic N) is 3. The van der Waals surface area contributed by atoms with Crippen LogP contribution in [0.3, 0.4) is 0 Å². The van der Waals surface area contributed by atoms with Gasteiger partial charge in [0.05, 0.1) is 27.9 Å². The van der Waals surface area contributed by atoms with Crippen LogP contribution in [0.25, 0.3) is 0 Å². The summed E-state index contributed by atoms with van der Waals surface area (Å²) in [6.07, 6.45) is 7.18. The fraction of sp³-hybridized carbons (Fsp3) is 0.632. The Labute approximate surface area is 164 Å². The molecule has 0 aliphatic heterocycles. The molecule has 2 N–H and O–H groups in total. The summed E-state index contributed by atoms with van der Waals surface area (Å²) >= 11 is 3.66. The van der Waals surface area contributed by atoms with E-state index in [1.165, 1.54) is 46.1 Å². The molecule has 1 aliphatic rings. The standard InChI is InChI=1S/C19H29N5S2/c1-4-20-19(22-12-17-13(2)23-14(3)25-17)21-11-7-10-18-24-15-8-5-6-9-16(15)26-18/h4-12H2,1-3H3,(H2,20,21,22). The average Bonchev–Trinajstić information content (AvgIpc) is 3.18. The molecule has 0 amide bonds. The summed E-state index contributed by atoms with van der Waals surface area (Å²) in [7, 11) is 0. The Bertz CT molecular complexity index is 724. The lowest BCUT2D eigenvalue weighted by Crippen LogP contribution is -2.37. The first-order valence-electron chi connectivity index (χ1n) is 9.58. The summed E-state index contributed by atoms with van der Waals surface area (Å²) in [6.45, 7) is 8.67. The van der Waals surface area contributed by atoms with Crippen molar-refractivity contribution in [1.82, 2.24) is 20.6 Å². The number of nitrogens with one attached hydrogen (secondary N) is 2. The smallest absolute Gasteiger partial charge is 0.191 e. The summed E-state index contributed by atoms with van der Waals surface area (Å²) in [5.41, 5.74) is 2.47. The second-order valence-corrected chi connectivity index (χ2v) is 9.11. The Morgan fingerprint density at radius 1 is 1.12 bits per heavy atom. The van der Waals surface area contributed by atoms with Crippen LogP contribution in [-0.2, 0) is 25.8 Å². The van der Waals surface area contributed by atoms with Gasteiger partial charge in [-0.2, -0.15) is 0 Å². The molecule has 2 heterocycles. The highest BCUT2D eigenvalue weighted by Gasteiger charge is 2.14. The third-order valence-electron chi connectivity index (χ3n) is 4.47. The maximum Gasteiger partial charge on any atom is 0.191 e. The van der Waals surface area contributed by atoms with Gasteiger partial charge in [0.25, 0.3) is 0 Å². The van der Waals surface area contributed by atoms with Crippen LogP contribution in [0.5, 0.6) is 0 Å². The monoisotopic (exact) mass is 391 g/mol. The molecule has 0 radical (unpaired) electrons. The molecule has 0 saturated carbocycles. The van der Waals surface area contributed by atoms with E-state index >= 15 is 0 Å². The Morgan fingerprint density at radius 2 is 1.96 bits per heavy atom. The average molecular weight is 392 g/mol. The van der Waals surface area contributed by atoms with Crippen molar-refractivity contribution in [2.45, 2.75) is 65.8 Å². The number of guanidine groups is 1. The van der Waals surface area contributed by atoms with Gasteiger partial charge in [0.1, 0.15) is 0 Å². The van der Waals surface area contributed by atoms with Gasteiger partial charge in [-0.05, 0) is 52.9 Å². The van der Waals surface area contributed by atoms with Crippen molar-refractivity contribution >= 4 is 28.6 Å². The number of thiazole rings is 2.